The van der Waals surface area contributed by atoms with E-state index < -0.39 is 0 Å². The Morgan fingerprint density at radius 2 is 0.824 bits per heavy atom. The molecule has 0 aliphatic heterocycles. The van der Waals surface area contributed by atoms with Crippen LogP contribution in [0.25, 0.3) is 0 Å². The molecule has 0 saturated carbocycles. The predicted molar refractivity (Wildman–Crippen MR) is 66.4 cm³/mol. The van der Waals surface area contributed by atoms with E-state index in [9.17, 15) is 0 Å². The zero-order chi connectivity index (χ0) is 12.9. The number of rotatable bonds is 0. The van der Waals surface area contributed by atoms with Crippen molar-refractivity contribution in [3.8, 4) is 11.5 Å². The molecule has 4 nitrogen and oxygen atoms in total. The largest absolute Gasteiger partial charge is 0.508 e. The molecule has 0 fully saturated rings. The van der Waals surface area contributed by atoms with Gasteiger partial charge in [0, 0.05) is 0 Å². The molecule has 1 radical (unpaired) electrons. The Balaban J connectivity index is 0.000000247. The molecule has 5 heteroatoms. The van der Waals surface area contributed by atoms with Crippen molar-refractivity contribution in [1.29, 1.82) is 0 Å². The Labute approximate surface area is 101 Å². The van der Waals surface area contributed by atoms with Gasteiger partial charge in [-0.2, -0.15) is 0 Å². The van der Waals surface area contributed by atoms with Crippen LogP contribution in [0.1, 0.15) is 0 Å². The van der Waals surface area contributed by atoms with Crippen LogP contribution in [-0.2, 0) is 0 Å². The normalized spacial score (nSPS) is 7.88. The van der Waals surface area contributed by atoms with Gasteiger partial charge in [-0.25, -0.2) is 0 Å². The van der Waals surface area contributed by atoms with Crippen LogP contribution in [0, 0.1) is 0 Å². The fourth-order valence-electron chi connectivity index (χ4n) is 0.856. The fraction of sp³-hybridized carbons (Fsp3) is 0. The molecule has 0 heterocycles. The van der Waals surface area contributed by atoms with Crippen LogP contribution in [0.15, 0.2) is 60.7 Å². The standard InChI is InChI=1S/2C6H6O.BH2O2/c2*7-6-4-2-1-3-5-6;2-1-3/h2*1-5,7H;2-3H. The zero-order valence-corrected chi connectivity index (χ0v) is 9.14. The highest BCUT2D eigenvalue weighted by Crippen LogP contribution is 2.03. The van der Waals surface area contributed by atoms with Gasteiger partial charge in [-0.1, -0.05) is 36.4 Å². The number of aromatic hydroxyl groups is 2. The molecule has 4 N–H and O–H groups in total. The molecule has 89 valence electrons. The maximum Gasteiger partial charge on any atom is 0.482 e. The van der Waals surface area contributed by atoms with Crippen molar-refractivity contribution in [3.63, 3.8) is 0 Å². The van der Waals surface area contributed by atoms with Gasteiger partial charge in [-0.05, 0) is 24.3 Å². The summed E-state index contributed by atoms with van der Waals surface area (Å²) in [4.78, 5) is 0. The zero-order valence-electron chi connectivity index (χ0n) is 9.14. The third kappa shape index (κ3) is 10.3. The molecule has 0 aliphatic carbocycles. The average Bonchev–Trinajstić information content (AvgIpc) is 2.33. The predicted octanol–water partition coefficient (Wildman–Crippen LogP) is 1.29. The fourth-order valence-corrected chi connectivity index (χ4v) is 0.856. The van der Waals surface area contributed by atoms with Gasteiger partial charge >= 0.3 is 7.69 Å². The number of para-hydroxylation sites is 2. The first-order valence-corrected chi connectivity index (χ1v) is 4.78. The molecule has 2 aromatic rings. The van der Waals surface area contributed by atoms with Crippen molar-refractivity contribution in [2.24, 2.45) is 0 Å². The lowest BCUT2D eigenvalue weighted by atomic mass is 10.3. The lowest BCUT2D eigenvalue weighted by Gasteiger charge is -1.82. The summed E-state index contributed by atoms with van der Waals surface area (Å²) in [5.74, 6) is 0.644. The van der Waals surface area contributed by atoms with Crippen molar-refractivity contribution < 1.29 is 20.3 Å². The van der Waals surface area contributed by atoms with E-state index in [1.165, 1.54) is 0 Å². The Morgan fingerprint density at radius 1 is 0.588 bits per heavy atom. The number of phenolic OH excluding ortho intramolecular Hbond substituents is 2. The van der Waals surface area contributed by atoms with Crippen molar-refractivity contribution in [3.05, 3.63) is 60.7 Å². The van der Waals surface area contributed by atoms with E-state index in [-0.39, 0.29) is 7.69 Å². The highest BCUT2D eigenvalue weighted by Gasteiger charge is 1.75. The van der Waals surface area contributed by atoms with Crippen LogP contribution < -0.4 is 0 Å². The quantitative estimate of drug-likeness (QED) is 0.517. The summed E-state index contributed by atoms with van der Waals surface area (Å²) in [7, 11) is 0. The number of phenols is 2. The monoisotopic (exact) mass is 233 g/mol. The highest BCUT2D eigenvalue weighted by atomic mass is 16.4. The Kier molecular flexibility index (Phi) is 9.32. The second-order valence-corrected chi connectivity index (χ2v) is 2.79. The molecule has 2 aromatic carbocycles. The summed E-state index contributed by atoms with van der Waals surface area (Å²) in [5, 5.41) is 31.3. The molecule has 0 spiro atoms. The number of hydrogen-bond donors (Lipinski definition) is 4. The van der Waals surface area contributed by atoms with Gasteiger partial charge in [0.05, 0.1) is 0 Å². The third-order valence-corrected chi connectivity index (χ3v) is 1.51. The number of hydrogen-bond acceptors (Lipinski definition) is 4. The molecule has 0 unspecified atom stereocenters. The minimum atomic E-state index is 0. The van der Waals surface area contributed by atoms with Gasteiger partial charge in [0.2, 0.25) is 0 Å². The molecule has 17 heavy (non-hydrogen) atoms. The summed E-state index contributed by atoms with van der Waals surface area (Å²) >= 11 is 0. The van der Waals surface area contributed by atoms with E-state index in [0.29, 0.717) is 11.5 Å². The lowest BCUT2D eigenvalue weighted by Crippen LogP contribution is -1.75. The molecular formula is C12H14BO4. The summed E-state index contributed by atoms with van der Waals surface area (Å²) in [6.45, 7) is 0. The van der Waals surface area contributed by atoms with Gasteiger partial charge in [0.1, 0.15) is 11.5 Å². The third-order valence-electron chi connectivity index (χ3n) is 1.51. The topological polar surface area (TPSA) is 80.9 Å². The van der Waals surface area contributed by atoms with Crippen LogP contribution >= 0.6 is 0 Å². The van der Waals surface area contributed by atoms with Gasteiger partial charge in [-0.15, -0.1) is 0 Å². The van der Waals surface area contributed by atoms with E-state index in [2.05, 4.69) is 0 Å². The molecule has 0 aromatic heterocycles. The SMILES string of the molecule is O[B]O.Oc1ccccc1.Oc1ccccc1. The minimum absolute atomic E-state index is 0. The van der Waals surface area contributed by atoms with Gasteiger partial charge < -0.3 is 20.3 Å². The smallest absolute Gasteiger partial charge is 0.482 e. The summed E-state index contributed by atoms with van der Waals surface area (Å²) in [6, 6.07) is 17.4. The summed E-state index contributed by atoms with van der Waals surface area (Å²) < 4.78 is 0. The van der Waals surface area contributed by atoms with Crippen molar-refractivity contribution in [1.82, 2.24) is 0 Å². The molecule has 2 rings (SSSR count). The van der Waals surface area contributed by atoms with E-state index >= 15 is 0 Å². The molecule has 0 amide bonds. The Bertz CT molecular complexity index is 329. The van der Waals surface area contributed by atoms with Gasteiger partial charge in [0.25, 0.3) is 0 Å². The molecular weight excluding hydrogens is 219 g/mol. The van der Waals surface area contributed by atoms with Crippen molar-refractivity contribution >= 4 is 7.69 Å². The van der Waals surface area contributed by atoms with Crippen molar-refractivity contribution in [2.45, 2.75) is 0 Å². The second-order valence-electron chi connectivity index (χ2n) is 2.79. The second kappa shape index (κ2) is 10.5. The van der Waals surface area contributed by atoms with Gasteiger partial charge in [0.15, 0.2) is 0 Å². The lowest BCUT2D eigenvalue weighted by molar-refractivity contribution is 0.448. The Morgan fingerprint density at radius 3 is 0.941 bits per heavy atom. The average molecular weight is 233 g/mol. The highest BCUT2D eigenvalue weighted by molar-refractivity contribution is 6.13. The summed E-state index contributed by atoms with van der Waals surface area (Å²) in [6.07, 6.45) is 0. The maximum atomic E-state index is 8.63. The van der Waals surface area contributed by atoms with E-state index in [0.717, 1.165) is 0 Å². The first-order valence-electron chi connectivity index (χ1n) is 4.78. The molecule has 0 bridgehead atoms. The first kappa shape index (κ1) is 15.0. The van der Waals surface area contributed by atoms with Crippen LogP contribution in [-0.4, -0.2) is 27.9 Å². The molecule has 0 aliphatic rings. The van der Waals surface area contributed by atoms with E-state index in [1.807, 2.05) is 12.1 Å². The van der Waals surface area contributed by atoms with Crippen LogP contribution in [0.5, 0.6) is 11.5 Å². The number of benzene rings is 2. The first-order chi connectivity index (χ1) is 8.20. The molecule has 0 saturated heterocycles. The van der Waals surface area contributed by atoms with Crippen LogP contribution in [0.2, 0.25) is 0 Å². The molecule has 0 atom stereocenters. The van der Waals surface area contributed by atoms with E-state index in [4.69, 9.17) is 20.3 Å². The van der Waals surface area contributed by atoms with Crippen molar-refractivity contribution in [2.75, 3.05) is 0 Å². The summed E-state index contributed by atoms with van der Waals surface area (Å²) in [5.41, 5.74) is 0. The maximum absolute atomic E-state index is 8.63. The van der Waals surface area contributed by atoms with E-state index in [1.54, 1.807) is 48.5 Å². The van der Waals surface area contributed by atoms with Crippen LogP contribution in [0.3, 0.4) is 0 Å². The minimum Gasteiger partial charge on any atom is -0.508 e. The Hall–Kier alpha value is -1.98. The van der Waals surface area contributed by atoms with Crippen LogP contribution in [0.4, 0.5) is 0 Å². The van der Waals surface area contributed by atoms with Gasteiger partial charge in [-0.3, -0.25) is 0 Å².